The van der Waals surface area contributed by atoms with Crippen LogP contribution in [0, 0.1) is 0 Å². The fourth-order valence-electron chi connectivity index (χ4n) is 2.64. The highest BCUT2D eigenvalue weighted by Crippen LogP contribution is 2.46. The maximum Gasteiger partial charge on any atom is 0.492 e. The summed E-state index contributed by atoms with van der Waals surface area (Å²) in [7, 11) is 0. The molecule has 7 nitrogen and oxygen atoms in total. The number of rotatable bonds is 3. The standard InChI is InChI=1S/C17H12ClF3N2O5/c18-10-2-4-12-14(6-10)28-17(27-12,16(19,20)21)23-15(24)22-7-9-1-3-11-13(5-9)26-8-25-11/h1-6H,7-8H2,(H2,22,23,24)/t17-/m0/s1. The smallest absolute Gasteiger partial charge is 0.454 e. The predicted molar refractivity (Wildman–Crippen MR) is 89.4 cm³/mol. The van der Waals surface area contributed by atoms with E-state index in [1.54, 1.807) is 23.5 Å². The van der Waals surface area contributed by atoms with E-state index in [1.807, 2.05) is 0 Å². The molecule has 0 unspecified atom stereocenters. The summed E-state index contributed by atoms with van der Waals surface area (Å²) in [4.78, 5) is 12.1. The first-order valence-electron chi connectivity index (χ1n) is 7.95. The first-order chi connectivity index (χ1) is 13.3. The number of nitrogens with one attached hydrogen (secondary N) is 2. The van der Waals surface area contributed by atoms with Crippen molar-refractivity contribution in [3.05, 3.63) is 47.0 Å². The second kappa shape index (κ2) is 6.55. The van der Waals surface area contributed by atoms with E-state index >= 15 is 0 Å². The van der Waals surface area contributed by atoms with Crippen molar-refractivity contribution in [3.63, 3.8) is 0 Å². The number of hydrogen-bond acceptors (Lipinski definition) is 5. The van der Waals surface area contributed by atoms with Crippen molar-refractivity contribution in [3.8, 4) is 23.0 Å². The average Bonchev–Trinajstić information content (AvgIpc) is 3.23. The zero-order chi connectivity index (χ0) is 19.9. The van der Waals surface area contributed by atoms with E-state index in [9.17, 15) is 18.0 Å². The van der Waals surface area contributed by atoms with Gasteiger partial charge in [0.25, 0.3) is 0 Å². The van der Waals surface area contributed by atoms with Crippen molar-refractivity contribution in [2.75, 3.05) is 6.79 Å². The Balaban J connectivity index is 1.45. The minimum Gasteiger partial charge on any atom is -0.454 e. The molecular formula is C17H12ClF3N2O5. The summed E-state index contributed by atoms with van der Waals surface area (Å²) in [6.45, 7) is 0.0231. The van der Waals surface area contributed by atoms with Gasteiger partial charge in [0.15, 0.2) is 23.0 Å². The van der Waals surface area contributed by atoms with Gasteiger partial charge in [-0.3, -0.25) is 5.32 Å². The Morgan fingerprint density at radius 2 is 1.75 bits per heavy atom. The summed E-state index contributed by atoms with van der Waals surface area (Å²) >= 11 is 5.76. The fraction of sp³-hybridized carbons (Fsp3) is 0.235. The number of carbonyl (C=O) groups is 1. The van der Waals surface area contributed by atoms with E-state index in [2.05, 4.69) is 5.32 Å². The third-order valence-corrected chi connectivity index (χ3v) is 4.19. The second-order valence-electron chi connectivity index (χ2n) is 5.90. The average molecular weight is 417 g/mol. The van der Waals surface area contributed by atoms with Crippen LogP contribution in [0.4, 0.5) is 18.0 Å². The maximum absolute atomic E-state index is 13.6. The molecule has 0 bridgehead atoms. The number of hydrogen-bond donors (Lipinski definition) is 2. The van der Waals surface area contributed by atoms with Gasteiger partial charge in [-0.25, -0.2) is 4.79 Å². The van der Waals surface area contributed by atoms with Crippen LogP contribution in [-0.2, 0) is 6.54 Å². The second-order valence-corrected chi connectivity index (χ2v) is 6.34. The van der Waals surface area contributed by atoms with E-state index in [0.717, 1.165) is 6.07 Å². The fourth-order valence-corrected chi connectivity index (χ4v) is 2.80. The molecule has 0 spiro atoms. The number of carbonyl (C=O) groups excluding carboxylic acids is 1. The predicted octanol–water partition coefficient (Wildman–Crippen LogP) is 3.56. The number of alkyl halides is 3. The SMILES string of the molecule is O=C(NCc1ccc2c(c1)OCO2)N[C@@]1(C(F)(F)F)Oc2ccc(Cl)cc2O1. The number of benzene rings is 2. The van der Waals surface area contributed by atoms with Gasteiger partial charge in [-0.2, -0.15) is 13.2 Å². The molecule has 0 aromatic heterocycles. The van der Waals surface area contributed by atoms with Gasteiger partial charge in [0, 0.05) is 17.6 Å². The monoisotopic (exact) mass is 416 g/mol. The Kier molecular flexibility index (Phi) is 4.30. The van der Waals surface area contributed by atoms with Gasteiger partial charge in [0.1, 0.15) is 0 Å². The molecule has 148 valence electrons. The number of amides is 2. The molecule has 28 heavy (non-hydrogen) atoms. The van der Waals surface area contributed by atoms with Crippen LogP contribution in [0.2, 0.25) is 5.02 Å². The molecule has 0 radical (unpaired) electrons. The molecule has 2 aliphatic rings. The van der Waals surface area contributed by atoms with Crippen molar-refractivity contribution in [1.29, 1.82) is 0 Å². The van der Waals surface area contributed by atoms with E-state index in [4.69, 9.17) is 30.5 Å². The lowest BCUT2D eigenvalue weighted by molar-refractivity contribution is -0.317. The molecule has 4 rings (SSSR count). The largest absolute Gasteiger partial charge is 0.492 e. The first kappa shape index (κ1) is 18.4. The van der Waals surface area contributed by atoms with Crippen molar-refractivity contribution in [2.45, 2.75) is 18.6 Å². The van der Waals surface area contributed by atoms with E-state index in [-0.39, 0.29) is 29.9 Å². The minimum absolute atomic E-state index is 0.0603. The molecule has 0 saturated heterocycles. The molecule has 0 fully saturated rings. The number of halogens is 4. The molecule has 0 saturated carbocycles. The number of ether oxygens (including phenoxy) is 4. The summed E-state index contributed by atoms with van der Waals surface area (Å²) in [6.07, 6.45) is -5.06. The lowest BCUT2D eigenvalue weighted by Gasteiger charge is -2.29. The Bertz CT molecular complexity index is 939. The van der Waals surface area contributed by atoms with E-state index < -0.39 is 18.1 Å². The number of urea groups is 1. The highest BCUT2D eigenvalue weighted by Gasteiger charge is 2.65. The lowest BCUT2D eigenvalue weighted by Crippen LogP contribution is -2.66. The van der Waals surface area contributed by atoms with Gasteiger partial charge in [0.05, 0.1) is 0 Å². The third-order valence-electron chi connectivity index (χ3n) is 3.95. The molecule has 2 aromatic carbocycles. The van der Waals surface area contributed by atoms with Crippen molar-refractivity contribution in [2.24, 2.45) is 0 Å². The summed E-state index contributed by atoms with van der Waals surface area (Å²) < 4.78 is 60.9. The van der Waals surface area contributed by atoms with Crippen molar-refractivity contribution < 1.29 is 36.9 Å². The van der Waals surface area contributed by atoms with Gasteiger partial charge < -0.3 is 24.3 Å². The van der Waals surface area contributed by atoms with Crippen LogP contribution in [0.15, 0.2) is 36.4 Å². The molecule has 2 heterocycles. The van der Waals surface area contributed by atoms with Crippen LogP contribution in [0.3, 0.4) is 0 Å². The highest BCUT2D eigenvalue weighted by molar-refractivity contribution is 6.30. The zero-order valence-electron chi connectivity index (χ0n) is 13.9. The molecule has 2 aliphatic heterocycles. The molecule has 2 N–H and O–H groups in total. The van der Waals surface area contributed by atoms with Crippen LogP contribution in [0.1, 0.15) is 5.56 Å². The van der Waals surface area contributed by atoms with Gasteiger partial charge in [0.2, 0.25) is 6.79 Å². The molecule has 2 amide bonds. The van der Waals surface area contributed by atoms with Crippen molar-refractivity contribution >= 4 is 17.6 Å². The summed E-state index contributed by atoms with van der Waals surface area (Å²) in [5.74, 6) is -2.76. The Hall–Kier alpha value is -3.01. The summed E-state index contributed by atoms with van der Waals surface area (Å²) in [6, 6.07) is 7.48. The quantitative estimate of drug-likeness (QED) is 0.800. The zero-order valence-corrected chi connectivity index (χ0v) is 14.7. The van der Waals surface area contributed by atoms with Crippen LogP contribution >= 0.6 is 11.6 Å². The first-order valence-corrected chi connectivity index (χ1v) is 8.32. The van der Waals surface area contributed by atoms with Crippen LogP contribution < -0.4 is 29.6 Å². The molecule has 2 aromatic rings. The summed E-state index contributed by atoms with van der Waals surface area (Å²) in [5, 5.41) is 4.18. The normalized spacial score (nSPS) is 19.4. The van der Waals surface area contributed by atoms with Gasteiger partial charge in [-0.05, 0) is 29.8 Å². The van der Waals surface area contributed by atoms with Crippen LogP contribution in [0.5, 0.6) is 23.0 Å². The molecular weight excluding hydrogens is 405 g/mol. The van der Waals surface area contributed by atoms with Gasteiger partial charge >= 0.3 is 18.1 Å². The highest BCUT2D eigenvalue weighted by atomic mass is 35.5. The van der Waals surface area contributed by atoms with Gasteiger partial charge in [-0.15, -0.1) is 0 Å². The van der Waals surface area contributed by atoms with Crippen LogP contribution in [0.25, 0.3) is 0 Å². The Morgan fingerprint density at radius 3 is 2.54 bits per heavy atom. The molecule has 0 aliphatic carbocycles. The van der Waals surface area contributed by atoms with Gasteiger partial charge in [-0.1, -0.05) is 17.7 Å². The molecule has 1 atom stereocenters. The summed E-state index contributed by atoms with van der Waals surface area (Å²) in [5.41, 5.74) is 0.601. The Labute approximate surface area is 161 Å². The van der Waals surface area contributed by atoms with E-state index in [1.165, 1.54) is 12.1 Å². The van der Waals surface area contributed by atoms with Crippen LogP contribution in [-0.4, -0.2) is 24.9 Å². The Morgan fingerprint density at radius 1 is 1.04 bits per heavy atom. The molecule has 11 heteroatoms. The third kappa shape index (κ3) is 3.31. The number of fused-ring (bicyclic) bond motifs is 2. The topological polar surface area (TPSA) is 78.1 Å². The maximum atomic E-state index is 13.6. The minimum atomic E-state index is -5.06. The van der Waals surface area contributed by atoms with Crippen molar-refractivity contribution in [1.82, 2.24) is 10.6 Å². The van der Waals surface area contributed by atoms with E-state index in [0.29, 0.717) is 17.1 Å². The lowest BCUT2D eigenvalue weighted by atomic mass is 10.2.